The molecule has 1 unspecified atom stereocenters. The maximum atomic E-state index is 13.9. The van der Waals surface area contributed by atoms with E-state index in [1.165, 1.54) is 32.1 Å². The molecule has 1 aromatic carbocycles. The first-order valence-electron chi connectivity index (χ1n) is 7.77. The summed E-state index contributed by atoms with van der Waals surface area (Å²) in [6, 6.07) is 4.27. The van der Waals surface area contributed by atoms with Gasteiger partial charge in [-0.1, -0.05) is 26.2 Å². The van der Waals surface area contributed by atoms with Gasteiger partial charge in [-0.05, 0) is 37.3 Å². The van der Waals surface area contributed by atoms with E-state index in [1.807, 2.05) is 0 Å². The highest BCUT2D eigenvalue weighted by Crippen LogP contribution is 2.28. The fourth-order valence-corrected chi connectivity index (χ4v) is 3.25. The lowest BCUT2D eigenvalue weighted by Gasteiger charge is -2.30. The molecule has 0 amide bonds. The molecule has 21 heavy (non-hydrogen) atoms. The molecular weight excluding hydrogens is 270 g/mol. The van der Waals surface area contributed by atoms with Gasteiger partial charge in [0.05, 0.1) is 11.6 Å². The molecule has 1 N–H and O–H groups in total. The molecule has 2 rings (SSSR count). The van der Waals surface area contributed by atoms with Crippen LogP contribution in [0.2, 0.25) is 0 Å². The Morgan fingerprint density at radius 3 is 2.38 bits per heavy atom. The average Bonchev–Trinajstić information content (AvgIpc) is 2.50. The fraction of sp³-hybridized carbons (Fsp3) is 0.588. The van der Waals surface area contributed by atoms with Gasteiger partial charge in [-0.15, -0.1) is 0 Å². The van der Waals surface area contributed by atoms with Gasteiger partial charge in [-0.2, -0.15) is 5.26 Å². The number of benzene rings is 1. The largest absolute Gasteiger partial charge is 0.309 e. The highest BCUT2D eigenvalue weighted by Gasteiger charge is 2.22. The first kappa shape index (κ1) is 15.9. The second-order valence-corrected chi connectivity index (χ2v) is 5.82. The third kappa shape index (κ3) is 4.01. The molecule has 1 aliphatic rings. The van der Waals surface area contributed by atoms with Crippen LogP contribution in [0.5, 0.6) is 0 Å². The first-order chi connectivity index (χ1) is 10.2. The van der Waals surface area contributed by atoms with Crippen molar-refractivity contribution in [3.63, 3.8) is 0 Å². The number of rotatable bonds is 5. The maximum absolute atomic E-state index is 13.9. The lowest BCUT2D eigenvalue weighted by Crippen LogP contribution is -2.36. The van der Waals surface area contributed by atoms with E-state index in [0.29, 0.717) is 12.0 Å². The van der Waals surface area contributed by atoms with E-state index in [2.05, 4.69) is 12.2 Å². The Hall–Kier alpha value is -1.47. The van der Waals surface area contributed by atoms with Crippen molar-refractivity contribution in [2.75, 3.05) is 0 Å². The molecule has 0 spiro atoms. The van der Waals surface area contributed by atoms with E-state index in [4.69, 9.17) is 5.26 Å². The Kier molecular flexibility index (Phi) is 5.69. The van der Waals surface area contributed by atoms with Crippen LogP contribution in [-0.2, 0) is 6.54 Å². The van der Waals surface area contributed by atoms with Gasteiger partial charge in [0.1, 0.15) is 11.6 Å². The van der Waals surface area contributed by atoms with E-state index >= 15 is 0 Å². The number of hydrogen-bond donors (Lipinski definition) is 1. The smallest absolute Gasteiger partial charge is 0.131 e. The topological polar surface area (TPSA) is 35.8 Å². The van der Waals surface area contributed by atoms with Gasteiger partial charge < -0.3 is 5.32 Å². The first-order valence-corrected chi connectivity index (χ1v) is 7.77. The summed E-state index contributed by atoms with van der Waals surface area (Å²) in [6.45, 7) is 2.29. The summed E-state index contributed by atoms with van der Waals surface area (Å²) in [7, 11) is 0. The summed E-state index contributed by atoms with van der Waals surface area (Å²) < 4.78 is 27.7. The van der Waals surface area contributed by atoms with Crippen LogP contribution in [0.25, 0.3) is 0 Å². The molecule has 0 heterocycles. The third-order valence-electron chi connectivity index (χ3n) is 4.47. The summed E-state index contributed by atoms with van der Waals surface area (Å²) in [5.41, 5.74) is 0.0522. The van der Waals surface area contributed by atoms with Gasteiger partial charge in [0.15, 0.2) is 0 Å². The van der Waals surface area contributed by atoms with E-state index in [9.17, 15) is 8.78 Å². The number of nitrogens with one attached hydrogen (secondary N) is 1. The molecule has 2 nitrogen and oxygen atoms in total. The number of hydrogen-bond acceptors (Lipinski definition) is 2. The zero-order chi connectivity index (χ0) is 15.2. The molecule has 1 atom stereocenters. The van der Waals surface area contributed by atoms with Crippen molar-refractivity contribution in [2.24, 2.45) is 5.92 Å². The lowest BCUT2D eigenvalue weighted by atomic mass is 9.83. The predicted molar refractivity (Wildman–Crippen MR) is 78.6 cm³/mol. The molecule has 0 radical (unpaired) electrons. The van der Waals surface area contributed by atoms with Crippen molar-refractivity contribution < 1.29 is 8.78 Å². The summed E-state index contributed by atoms with van der Waals surface area (Å²) >= 11 is 0. The van der Waals surface area contributed by atoms with Crippen LogP contribution in [0, 0.1) is 28.9 Å². The van der Waals surface area contributed by atoms with Crippen LogP contribution in [0.1, 0.15) is 56.6 Å². The third-order valence-corrected chi connectivity index (χ3v) is 4.47. The van der Waals surface area contributed by atoms with Gasteiger partial charge in [0.25, 0.3) is 0 Å². The Labute approximate surface area is 125 Å². The Balaban J connectivity index is 2.02. The van der Waals surface area contributed by atoms with Crippen molar-refractivity contribution in [3.05, 3.63) is 34.9 Å². The van der Waals surface area contributed by atoms with Crippen molar-refractivity contribution in [2.45, 2.75) is 58.0 Å². The molecule has 0 saturated heterocycles. The maximum Gasteiger partial charge on any atom is 0.131 e. The highest BCUT2D eigenvalue weighted by atomic mass is 19.1. The van der Waals surface area contributed by atoms with E-state index in [1.54, 1.807) is 6.07 Å². The monoisotopic (exact) mass is 292 g/mol. The van der Waals surface area contributed by atoms with Crippen LogP contribution >= 0.6 is 0 Å². The molecule has 0 aliphatic heterocycles. The highest BCUT2D eigenvalue weighted by molar-refractivity contribution is 5.34. The van der Waals surface area contributed by atoms with Gasteiger partial charge in [0.2, 0.25) is 0 Å². The minimum Gasteiger partial charge on any atom is -0.309 e. The second-order valence-electron chi connectivity index (χ2n) is 5.82. The molecule has 1 fully saturated rings. The summed E-state index contributed by atoms with van der Waals surface area (Å²) in [6.07, 6.45) is 7.16. The van der Waals surface area contributed by atoms with Crippen molar-refractivity contribution >= 4 is 0 Å². The average molecular weight is 292 g/mol. The zero-order valence-electron chi connectivity index (χ0n) is 12.5. The molecule has 0 bridgehead atoms. The Morgan fingerprint density at radius 2 is 1.86 bits per heavy atom. The van der Waals surface area contributed by atoms with Gasteiger partial charge in [-0.3, -0.25) is 0 Å². The van der Waals surface area contributed by atoms with E-state index in [0.717, 1.165) is 18.6 Å². The predicted octanol–water partition coefficient (Wildman–Crippen LogP) is 4.28. The van der Waals surface area contributed by atoms with E-state index in [-0.39, 0.29) is 17.7 Å². The lowest BCUT2D eigenvalue weighted by molar-refractivity contribution is 0.260. The number of nitriles is 1. The molecule has 4 heteroatoms. The van der Waals surface area contributed by atoms with Crippen LogP contribution in [0.4, 0.5) is 8.78 Å². The molecule has 0 aromatic heterocycles. The molecular formula is C17H22F2N2. The van der Waals surface area contributed by atoms with Gasteiger partial charge in [0, 0.05) is 18.2 Å². The normalized spacial score (nSPS) is 17.4. The van der Waals surface area contributed by atoms with Crippen molar-refractivity contribution in [1.29, 1.82) is 5.26 Å². The second kappa shape index (κ2) is 7.51. The minimum absolute atomic E-state index is 0.0214. The quantitative estimate of drug-likeness (QED) is 0.879. The van der Waals surface area contributed by atoms with Crippen molar-refractivity contribution in [1.82, 2.24) is 5.32 Å². The zero-order valence-corrected chi connectivity index (χ0v) is 12.5. The Morgan fingerprint density at radius 1 is 1.24 bits per heavy atom. The molecule has 1 aliphatic carbocycles. The molecule has 114 valence electrons. The van der Waals surface area contributed by atoms with Gasteiger partial charge in [-0.25, -0.2) is 8.78 Å². The minimum atomic E-state index is -0.641. The Bertz CT molecular complexity index is 493. The van der Waals surface area contributed by atoms with E-state index < -0.39 is 11.6 Å². The molecule has 1 aromatic rings. The van der Waals surface area contributed by atoms with Gasteiger partial charge >= 0.3 is 0 Å². The van der Waals surface area contributed by atoms with Crippen LogP contribution in [0.15, 0.2) is 12.1 Å². The number of halogens is 2. The summed E-state index contributed by atoms with van der Waals surface area (Å²) in [5.74, 6) is -0.677. The SMILES string of the molecule is CCC(NCc1c(F)cc(C#N)cc1F)C1CCCCC1. The van der Waals surface area contributed by atoms with Crippen LogP contribution in [0.3, 0.4) is 0 Å². The van der Waals surface area contributed by atoms with Crippen LogP contribution < -0.4 is 5.32 Å². The summed E-state index contributed by atoms with van der Waals surface area (Å²) in [4.78, 5) is 0. The fourth-order valence-electron chi connectivity index (χ4n) is 3.25. The van der Waals surface area contributed by atoms with Crippen LogP contribution in [-0.4, -0.2) is 6.04 Å². The molecule has 1 saturated carbocycles. The summed E-state index contributed by atoms with van der Waals surface area (Å²) in [5, 5.41) is 12.0. The number of nitrogens with zero attached hydrogens (tertiary/aromatic N) is 1. The standard InChI is InChI=1S/C17H22F2N2/c1-2-17(13-6-4-3-5-7-13)21-11-14-15(18)8-12(10-20)9-16(14)19/h8-9,13,17,21H,2-7,11H2,1H3. The van der Waals surface area contributed by atoms with Crippen molar-refractivity contribution in [3.8, 4) is 6.07 Å².